The highest BCUT2D eigenvalue weighted by molar-refractivity contribution is 5.74. The molecule has 0 aliphatic heterocycles. The molecule has 3 N–H and O–H groups in total. The fourth-order valence-electron chi connectivity index (χ4n) is 2.75. The Balaban J connectivity index is 1.88. The van der Waals surface area contributed by atoms with Crippen LogP contribution in [0.2, 0.25) is 0 Å². The molecule has 2 atom stereocenters. The van der Waals surface area contributed by atoms with Gasteiger partial charge < -0.3 is 15.7 Å². The molecular formula is C17H26N2O2. The molecule has 1 aromatic carbocycles. The molecule has 0 heterocycles. The molecule has 0 radical (unpaired) electrons. The van der Waals surface area contributed by atoms with Gasteiger partial charge in [0.2, 0.25) is 0 Å². The van der Waals surface area contributed by atoms with Gasteiger partial charge in [0.15, 0.2) is 0 Å². The van der Waals surface area contributed by atoms with E-state index in [2.05, 4.69) is 28.8 Å². The highest BCUT2D eigenvalue weighted by Gasteiger charge is 2.13. The molecule has 2 unspecified atom stereocenters. The SMILES string of the molecule is CC(O)CCNC(=O)NC(C)c1ccc2c(c1)CCCC2. The lowest BCUT2D eigenvalue weighted by molar-refractivity contribution is 0.183. The number of benzene rings is 1. The van der Waals surface area contributed by atoms with E-state index in [4.69, 9.17) is 5.11 Å². The van der Waals surface area contributed by atoms with Crippen molar-refractivity contribution in [3.63, 3.8) is 0 Å². The van der Waals surface area contributed by atoms with Crippen molar-refractivity contribution >= 4 is 6.03 Å². The van der Waals surface area contributed by atoms with Gasteiger partial charge in [-0.25, -0.2) is 4.79 Å². The van der Waals surface area contributed by atoms with Crippen LogP contribution in [0.25, 0.3) is 0 Å². The first-order chi connectivity index (χ1) is 10.1. The van der Waals surface area contributed by atoms with Crippen molar-refractivity contribution in [2.75, 3.05) is 6.54 Å². The lowest BCUT2D eigenvalue weighted by atomic mass is 9.89. The van der Waals surface area contributed by atoms with Crippen LogP contribution in [-0.2, 0) is 12.8 Å². The molecule has 0 fully saturated rings. The highest BCUT2D eigenvalue weighted by atomic mass is 16.3. The average Bonchev–Trinajstić information content (AvgIpc) is 2.46. The lowest BCUT2D eigenvalue weighted by Gasteiger charge is -2.20. The third-order valence-corrected chi connectivity index (χ3v) is 4.07. The number of hydrogen-bond donors (Lipinski definition) is 3. The lowest BCUT2D eigenvalue weighted by Crippen LogP contribution is -2.38. The summed E-state index contributed by atoms with van der Waals surface area (Å²) >= 11 is 0. The van der Waals surface area contributed by atoms with Crippen LogP contribution in [0.3, 0.4) is 0 Å². The molecule has 0 aromatic heterocycles. The smallest absolute Gasteiger partial charge is 0.315 e. The number of fused-ring (bicyclic) bond motifs is 1. The van der Waals surface area contributed by atoms with Crippen molar-refractivity contribution in [2.24, 2.45) is 0 Å². The molecule has 0 spiro atoms. The van der Waals surface area contributed by atoms with E-state index in [-0.39, 0.29) is 18.2 Å². The second-order valence-corrected chi connectivity index (χ2v) is 5.99. The molecule has 0 saturated heterocycles. The molecule has 2 rings (SSSR count). The number of aliphatic hydroxyl groups excluding tert-OH is 1. The van der Waals surface area contributed by atoms with E-state index in [1.807, 2.05) is 6.92 Å². The molecule has 0 bridgehead atoms. The van der Waals surface area contributed by atoms with Gasteiger partial charge in [0.25, 0.3) is 0 Å². The number of urea groups is 1. The molecule has 21 heavy (non-hydrogen) atoms. The maximum Gasteiger partial charge on any atom is 0.315 e. The number of amides is 2. The summed E-state index contributed by atoms with van der Waals surface area (Å²) in [4.78, 5) is 11.8. The minimum atomic E-state index is -0.386. The van der Waals surface area contributed by atoms with Crippen LogP contribution >= 0.6 is 0 Å². The van der Waals surface area contributed by atoms with Crippen molar-refractivity contribution in [3.8, 4) is 0 Å². The van der Waals surface area contributed by atoms with Crippen LogP contribution < -0.4 is 10.6 Å². The van der Waals surface area contributed by atoms with E-state index in [9.17, 15) is 4.79 Å². The van der Waals surface area contributed by atoms with Gasteiger partial charge in [-0.2, -0.15) is 0 Å². The maximum atomic E-state index is 11.8. The number of nitrogens with one attached hydrogen (secondary N) is 2. The zero-order valence-corrected chi connectivity index (χ0v) is 13.0. The summed E-state index contributed by atoms with van der Waals surface area (Å²) in [6.07, 6.45) is 5.06. The Morgan fingerprint density at radius 1 is 1.24 bits per heavy atom. The Kier molecular flexibility index (Phi) is 5.62. The van der Waals surface area contributed by atoms with E-state index >= 15 is 0 Å². The summed E-state index contributed by atoms with van der Waals surface area (Å²) in [5.74, 6) is 0. The van der Waals surface area contributed by atoms with E-state index in [1.165, 1.54) is 30.4 Å². The Morgan fingerprint density at radius 2 is 1.95 bits per heavy atom. The fraction of sp³-hybridized carbons (Fsp3) is 0.588. The fourth-order valence-corrected chi connectivity index (χ4v) is 2.75. The number of aryl methyl sites for hydroxylation is 2. The Hall–Kier alpha value is -1.55. The zero-order chi connectivity index (χ0) is 15.2. The maximum absolute atomic E-state index is 11.8. The standard InChI is InChI=1S/C17H26N2O2/c1-12(20)9-10-18-17(21)19-13(2)15-8-7-14-5-3-4-6-16(14)11-15/h7-8,11-13,20H,3-6,9-10H2,1-2H3,(H2,18,19,21). The topological polar surface area (TPSA) is 61.4 Å². The van der Waals surface area contributed by atoms with Gasteiger partial charge in [-0.1, -0.05) is 18.2 Å². The van der Waals surface area contributed by atoms with Gasteiger partial charge in [-0.05, 0) is 62.6 Å². The summed E-state index contributed by atoms with van der Waals surface area (Å²) < 4.78 is 0. The Bertz CT molecular complexity index is 486. The summed E-state index contributed by atoms with van der Waals surface area (Å²) in [6, 6.07) is 6.36. The van der Waals surface area contributed by atoms with Gasteiger partial charge in [-0.15, -0.1) is 0 Å². The molecule has 4 nitrogen and oxygen atoms in total. The van der Waals surface area contributed by atoms with Gasteiger partial charge >= 0.3 is 6.03 Å². The van der Waals surface area contributed by atoms with Crippen LogP contribution in [-0.4, -0.2) is 23.8 Å². The first-order valence-corrected chi connectivity index (χ1v) is 7.90. The van der Waals surface area contributed by atoms with E-state index < -0.39 is 0 Å². The third kappa shape index (κ3) is 4.74. The second kappa shape index (κ2) is 7.46. The Morgan fingerprint density at radius 3 is 2.67 bits per heavy atom. The number of aliphatic hydroxyl groups is 1. The molecule has 1 aliphatic carbocycles. The predicted molar refractivity (Wildman–Crippen MR) is 84.3 cm³/mol. The Labute approximate surface area is 126 Å². The van der Waals surface area contributed by atoms with Crippen molar-refractivity contribution in [3.05, 3.63) is 34.9 Å². The number of carbonyl (C=O) groups excluding carboxylic acids is 1. The molecule has 2 amide bonds. The summed E-state index contributed by atoms with van der Waals surface area (Å²) in [5, 5.41) is 14.9. The molecule has 4 heteroatoms. The van der Waals surface area contributed by atoms with Gasteiger partial charge in [-0.3, -0.25) is 0 Å². The molecule has 0 saturated carbocycles. The number of hydrogen-bond acceptors (Lipinski definition) is 2. The molecule has 116 valence electrons. The van der Waals surface area contributed by atoms with Crippen molar-refractivity contribution in [1.82, 2.24) is 10.6 Å². The van der Waals surface area contributed by atoms with Crippen LogP contribution in [0.5, 0.6) is 0 Å². The van der Waals surface area contributed by atoms with Crippen molar-refractivity contribution in [1.29, 1.82) is 0 Å². The summed E-state index contributed by atoms with van der Waals surface area (Å²) in [5.41, 5.74) is 4.04. The molecular weight excluding hydrogens is 264 g/mol. The monoisotopic (exact) mass is 290 g/mol. The van der Waals surface area contributed by atoms with Crippen LogP contribution in [0.1, 0.15) is 55.8 Å². The molecule has 1 aliphatic rings. The van der Waals surface area contributed by atoms with Crippen LogP contribution in [0, 0.1) is 0 Å². The highest BCUT2D eigenvalue weighted by Crippen LogP contribution is 2.24. The van der Waals surface area contributed by atoms with Gasteiger partial charge in [0.1, 0.15) is 0 Å². The first kappa shape index (κ1) is 15.8. The minimum Gasteiger partial charge on any atom is -0.393 e. The largest absolute Gasteiger partial charge is 0.393 e. The van der Waals surface area contributed by atoms with E-state index in [0.717, 1.165) is 12.0 Å². The van der Waals surface area contributed by atoms with E-state index in [1.54, 1.807) is 6.92 Å². The van der Waals surface area contributed by atoms with Gasteiger partial charge in [0, 0.05) is 6.54 Å². The average molecular weight is 290 g/mol. The normalized spacial score (nSPS) is 16.7. The quantitative estimate of drug-likeness (QED) is 0.781. The predicted octanol–water partition coefficient (Wildman–Crippen LogP) is 2.70. The summed E-state index contributed by atoms with van der Waals surface area (Å²) in [7, 11) is 0. The first-order valence-electron chi connectivity index (χ1n) is 7.90. The molecule has 1 aromatic rings. The van der Waals surface area contributed by atoms with E-state index in [0.29, 0.717) is 13.0 Å². The second-order valence-electron chi connectivity index (χ2n) is 5.99. The van der Waals surface area contributed by atoms with Crippen molar-refractivity contribution < 1.29 is 9.90 Å². The zero-order valence-electron chi connectivity index (χ0n) is 13.0. The van der Waals surface area contributed by atoms with Crippen LogP contribution in [0.15, 0.2) is 18.2 Å². The summed E-state index contributed by atoms with van der Waals surface area (Å²) in [6.45, 7) is 4.20. The minimum absolute atomic E-state index is 0.0104. The number of carbonyl (C=O) groups is 1. The van der Waals surface area contributed by atoms with Crippen molar-refractivity contribution in [2.45, 2.75) is 58.1 Å². The number of rotatable bonds is 5. The third-order valence-electron chi connectivity index (χ3n) is 4.07. The van der Waals surface area contributed by atoms with Crippen LogP contribution in [0.4, 0.5) is 4.79 Å². The van der Waals surface area contributed by atoms with Gasteiger partial charge in [0.05, 0.1) is 12.1 Å².